The first-order valence-corrected chi connectivity index (χ1v) is 8.82. The number of carbonyl (C=O) groups excluding carboxylic acids is 5. The molecule has 0 aliphatic carbocycles. The van der Waals surface area contributed by atoms with Crippen molar-refractivity contribution in [1.29, 1.82) is 0 Å². The van der Waals surface area contributed by atoms with Gasteiger partial charge in [-0.15, -0.1) is 0 Å². The van der Waals surface area contributed by atoms with E-state index in [1.54, 1.807) is 18.2 Å². The number of piperidine rings is 1. The summed E-state index contributed by atoms with van der Waals surface area (Å²) in [5, 5.41) is 4.66. The van der Waals surface area contributed by atoms with E-state index < -0.39 is 48.3 Å². The Kier molecular flexibility index (Phi) is 5.81. The molecule has 28 heavy (non-hydrogen) atoms. The highest BCUT2D eigenvalue weighted by molar-refractivity contribution is 6.14. The molecule has 0 radical (unpaired) electrons. The van der Waals surface area contributed by atoms with Gasteiger partial charge in [0, 0.05) is 30.6 Å². The summed E-state index contributed by atoms with van der Waals surface area (Å²) in [6.07, 6.45) is -1.17. The summed E-state index contributed by atoms with van der Waals surface area (Å²) in [6, 6.07) is 5.25. The van der Waals surface area contributed by atoms with Crippen LogP contribution in [-0.4, -0.2) is 60.2 Å². The van der Waals surface area contributed by atoms with Gasteiger partial charge in [-0.05, 0) is 12.5 Å². The minimum Gasteiger partial charge on any atom is -0.354 e. The van der Waals surface area contributed by atoms with Crippen LogP contribution in [-0.2, 0) is 23.9 Å². The van der Waals surface area contributed by atoms with Gasteiger partial charge in [-0.2, -0.15) is 0 Å². The SMILES string of the molecule is NCCNC(=O)COC1C(=O)N(C2CCC(=O)NC2=O)C(=O)c2ccccc21. The average molecular weight is 388 g/mol. The molecule has 5 amide bonds. The molecule has 0 bridgehead atoms. The van der Waals surface area contributed by atoms with Crippen molar-refractivity contribution in [2.45, 2.75) is 25.0 Å². The fourth-order valence-electron chi connectivity index (χ4n) is 3.22. The number of nitrogens with zero attached hydrogens (tertiary/aromatic N) is 1. The molecule has 148 valence electrons. The predicted molar refractivity (Wildman–Crippen MR) is 94.5 cm³/mol. The van der Waals surface area contributed by atoms with Crippen molar-refractivity contribution in [3.8, 4) is 0 Å². The van der Waals surface area contributed by atoms with Crippen molar-refractivity contribution in [3.05, 3.63) is 35.4 Å². The Morgan fingerprint density at radius 1 is 1.25 bits per heavy atom. The fraction of sp³-hybridized carbons (Fsp3) is 0.389. The molecule has 3 rings (SSSR count). The molecule has 1 saturated heterocycles. The summed E-state index contributed by atoms with van der Waals surface area (Å²) >= 11 is 0. The van der Waals surface area contributed by atoms with E-state index in [4.69, 9.17) is 10.5 Å². The lowest BCUT2D eigenvalue weighted by Crippen LogP contribution is -2.59. The fourth-order valence-corrected chi connectivity index (χ4v) is 3.22. The van der Waals surface area contributed by atoms with E-state index in [-0.39, 0.29) is 31.5 Å². The summed E-state index contributed by atoms with van der Waals surface area (Å²) in [7, 11) is 0. The molecule has 1 aromatic carbocycles. The number of hydrogen-bond donors (Lipinski definition) is 3. The first-order valence-electron chi connectivity index (χ1n) is 8.82. The molecule has 0 spiro atoms. The minimum absolute atomic E-state index is 0.0160. The highest BCUT2D eigenvalue weighted by Crippen LogP contribution is 2.32. The minimum atomic E-state index is -1.22. The number of imide groups is 2. The quantitative estimate of drug-likeness (QED) is 0.508. The molecule has 2 unspecified atom stereocenters. The molecule has 2 aliphatic rings. The lowest BCUT2D eigenvalue weighted by molar-refractivity contribution is -0.152. The number of nitrogens with one attached hydrogen (secondary N) is 2. The third kappa shape index (κ3) is 3.78. The second-order valence-electron chi connectivity index (χ2n) is 6.40. The second-order valence-corrected chi connectivity index (χ2v) is 6.40. The maximum absolute atomic E-state index is 13.0. The lowest BCUT2D eigenvalue weighted by Gasteiger charge is -2.37. The Labute approximate surface area is 160 Å². The van der Waals surface area contributed by atoms with Crippen LogP contribution >= 0.6 is 0 Å². The van der Waals surface area contributed by atoms with E-state index >= 15 is 0 Å². The van der Waals surface area contributed by atoms with Gasteiger partial charge < -0.3 is 15.8 Å². The third-order valence-electron chi connectivity index (χ3n) is 4.52. The molecule has 1 fully saturated rings. The van der Waals surface area contributed by atoms with E-state index in [1.165, 1.54) is 6.07 Å². The van der Waals surface area contributed by atoms with Crippen molar-refractivity contribution >= 4 is 29.5 Å². The highest BCUT2D eigenvalue weighted by Gasteiger charge is 2.46. The van der Waals surface area contributed by atoms with Gasteiger partial charge in [-0.1, -0.05) is 18.2 Å². The molecule has 0 aromatic heterocycles. The summed E-state index contributed by atoms with van der Waals surface area (Å²) in [4.78, 5) is 62.1. The molecule has 4 N–H and O–H groups in total. The van der Waals surface area contributed by atoms with Crippen LogP contribution in [0.1, 0.15) is 34.9 Å². The van der Waals surface area contributed by atoms with Crippen molar-refractivity contribution < 1.29 is 28.7 Å². The molecule has 1 aromatic rings. The van der Waals surface area contributed by atoms with Crippen LogP contribution in [0.2, 0.25) is 0 Å². The lowest BCUT2D eigenvalue weighted by atomic mass is 9.92. The number of benzene rings is 1. The second kappa shape index (κ2) is 8.28. The zero-order valence-electron chi connectivity index (χ0n) is 15.0. The molecule has 0 saturated carbocycles. The van der Waals surface area contributed by atoms with Crippen LogP contribution < -0.4 is 16.4 Å². The van der Waals surface area contributed by atoms with Crippen molar-refractivity contribution in [3.63, 3.8) is 0 Å². The van der Waals surface area contributed by atoms with Gasteiger partial charge in [0.05, 0.1) is 0 Å². The Bertz CT molecular complexity index is 839. The average Bonchev–Trinajstić information content (AvgIpc) is 2.68. The number of rotatable bonds is 6. The van der Waals surface area contributed by atoms with Crippen LogP contribution in [0.4, 0.5) is 0 Å². The maximum Gasteiger partial charge on any atom is 0.264 e. The number of nitrogens with two attached hydrogens (primary N) is 1. The normalized spacial score (nSPS) is 22.0. The molecular weight excluding hydrogens is 368 g/mol. The van der Waals surface area contributed by atoms with E-state index in [0.717, 1.165) is 4.90 Å². The topological polar surface area (TPSA) is 148 Å². The highest BCUT2D eigenvalue weighted by atomic mass is 16.5. The number of fused-ring (bicyclic) bond motifs is 1. The zero-order chi connectivity index (χ0) is 20.3. The van der Waals surface area contributed by atoms with E-state index in [0.29, 0.717) is 5.56 Å². The van der Waals surface area contributed by atoms with Crippen LogP contribution in [0.25, 0.3) is 0 Å². The first kappa shape index (κ1) is 19.6. The summed E-state index contributed by atoms with van der Waals surface area (Å²) < 4.78 is 5.51. The standard InChI is InChI=1S/C18H20N4O6/c19-7-8-20-14(24)9-28-15-10-3-1-2-4-11(10)17(26)22(18(15)27)12-5-6-13(23)21-16(12)25/h1-4,12,15H,5-9,19H2,(H,20,24)(H,21,23,25). The van der Waals surface area contributed by atoms with Crippen LogP contribution in [0.15, 0.2) is 24.3 Å². The molecule has 10 nitrogen and oxygen atoms in total. The zero-order valence-corrected chi connectivity index (χ0v) is 15.0. The Hall–Kier alpha value is -3.11. The largest absolute Gasteiger partial charge is 0.354 e. The Morgan fingerprint density at radius 3 is 2.71 bits per heavy atom. The van der Waals surface area contributed by atoms with Gasteiger partial charge in [0.25, 0.3) is 11.8 Å². The van der Waals surface area contributed by atoms with Crippen molar-refractivity contribution in [1.82, 2.24) is 15.5 Å². The van der Waals surface area contributed by atoms with Crippen LogP contribution in [0.5, 0.6) is 0 Å². The number of amides is 5. The molecule has 2 heterocycles. The van der Waals surface area contributed by atoms with Gasteiger partial charge in [-0.25, -0.2) is 0 Å². The molecule has 2 aliphatic heterocycles. The third-order valence-corrected chi connectivity index (χ3v) is 4.52. The monoisotopic (exact) mass is 388 g/mol. The maximum atomic E-state index is 13.0. The van der Waals surface area contributed by atoms with Gasteiger partial charge in [0.1, 0.15) is 12.6 Å². The van der Waals surface area contributed by atoms with Gasteiger partial charge >= 0.3 is 0 Å². The van der Waals surface area contributed by atoms with Crippen molar-refractivity contribution in [2.24, 2.45) is 5.73 Å². The number of hydrogen-bond acceptors (Lipinski definition) is 7. The molecular formula is C18H20N4O6. The Morgan fingerprint density at radius 2 is 2.00 bits per heavy atom. The van der Waals surface area contributed by atoms with Gasteiger partial charge in [0.2, 0.25) is 17.7 Å². The molecule has 10 heteroatoms. The van der Waals surface area contributed by atoms with Crippen LogP contribution in [0.3, 0.4) is 0 Å². The predicted octanol–water partition coefficient (Wildman–Crippen LogP) is -1.39. The Balaban J connectivity index is 1.87. The smallest absolute Gasteiger partial charge is 0.264 e. The summed E-state index contributed by atoms with van der Waals surface area (Å²) in [6.45, 7) is 0.106. The van der Waals surface area contributed by atoms with E-state index in [9.17, 15) is 24.0 Å². The van der Waals surface area contributed by atoms with E-state index in [1.807, 2.05) is 0 Å². The molecule has 2 atom stereocenters. The van der Waals surface area contributed by atoms with Gasteiger partial charge in [-0.3, -0.25) is 34.2 Å². The number of carbonyl (C=O) groups is 5. The van der Waals surface area contributed by atoms with Gasteiger partial charge in [0.15, 0.2) is 6.10 Å². The van der Waals surface area contributed by atoms with Crippen LogP contribution in [0, 0.1) is 0 Å². The number of ether oxygens (including phenoxy) is 1. The summed E-state index contributed by atoms with van der Waals surface area (Å²) in [5.74, 6) is -3.01. The first-order chi connectivity index (χ1) is 13.4. The van der Waals surface area contributed by atoms with Crippen molar-refractivity contribution in [2.75, 3.05) is 19.7 Å². The summed E-state index contributed by atoms with van der Waals surface area (Å²) in [5.41, 5.74) is 5.86. The van der Waals surface area contributed by atoms with E-state index in [2.05, 4.69) is 10.6 Å².